The van der Waals surface area contributed by atoms with Crippen molar-refractivity contribution >= 4 is 11.6 Å². The van der Waals surface area contributed by atoms with Crippen molar-refractivity contribution in [2.24, 2.45) is 11.3 Å². The molecule has 3 nitrogen and oxygen atoms in total. The second-order valence-corrected chi connectivity index (χ2v) is 6.10. The molecule has 0 aromatic heterocycles. The molecule has 0 bridgehead atoms. The minimum atomic E-state index is 0.0673. The SMILES string of the molecule is CNc1ccc(C(=O)NCC2(C3CC3)CC2)cc1C. The van der Waals surface area contributed by atoms with Crippen molar-refractivity contribution in [3.05, 3.63) is 29.3 Å². The van der Waals surface area contributed by atoms with Crippen LogP contribution < -0.4 is 10.6 Å². The minimum absolute atomic E-state index is 0.0673. The van der Waals surface area contributed by atoms with Gasteiger partial charge in [-0.1, -0.05) is 0 Å². The Morgan fingerprint density at radius 2 is 2.11 bits per heavy atom. The molecule has 1 aromatic rings. The number of anilines is 1. The summed E-state index contributed by atoms with van der Waals surface area (Å²) in [5.74, 6) is 0.957. The van der Waals surface area contributed by atoms with Crippen LogP contribution in [0.25, 0.3) is 0 Å². The molecule has 3 heteroatoms. The van der Waals surface area contributed by atoms with Gasteiger partial charge in [0.1, 0.15) is 0 Å². The number of carbonyl (C=O) groups is 1. The number of benzene rings is 1. The molecule has 2 saturated carbocycles. The van der Waals surface area contributed by atoms with E-state index in [9.17, 15) is 4.79 Å². The molecule has 102 valence electrons. The largest absolute Gasteiger partial charge is 0.388 e. The van der Waals surface area contributed by atoms with Gasteiger partial charge in [-0.2, -0.15) is 0 Å². The molecule has 2 aliphatic carbocycles. The molecule has 3 rings (SSSR count). The van der Waals surface area contributed by atoms with Crippen LogP contribution in [-0.2, 0) is 0 Å². The monoisotopic (exact) mass is 258 g/mol. The van der Waals surface area contributed by atoms with Gasteiger partial charge in [-0.15, -0.1) is 0 Å². The lowest BCUT2D eigenvalue weighted by molar-refractivity contribution is 0.0942. The van der Waals surface area contributed by atoms with Crippen LogP contribution in [0.3, 0.4) is 0 Å². The van der Waals surface area contributed by atoms with Crippen molar-refractivity contribution in [1.82, 2.24) is 5.32 Å². The highest BCUT2D eigenvalue weighted by Gasteiger charge is 2.53. The summed E-state index contributed by atoms with van der Waals surface area (Å²) >= 11 is 0. The summed E-state index contributed by atoms with van der Waals surface area (Å²) < 4.78 is 0. The van der Waals surface area contributed by atoms with Gasteiger partial charge in [-0.3, -0.25) is 4.79 Å². The van der Waals surface area contributed by atoms with Crippen molar-refractivity contribution in [3.63, 3.8) is 0 Å². The fourth-order valence-electron chi connectivity index (χ4n) is 3.03. The zero-order chi connectivity index (χ0) is 13.5. The highest BCUT2D eigenvalue weighted by Crippen LogP contribution is 2.60. The second-order valence-electron chi connectivity index (χ2n) is 6.10. The predicted octanol–water partition coefficient (Wildman–Crippen LogP) is 2.96. The van der Waals surface area contributed by atoms with Crippen molar-refractivity contribution in [1.29, 1.82) is 0 Å². The van der Waals surface area contributed by atoms with Crippen LogP contribution in [0.15, 0.2) is 18.2 Å². The Bertz CT molecular complexity index is 501. The number of amides is 1. The molecule has 0 spiro atoms. The highest BCUT2D eigenvalue weighted by molar-refractivity contribution is 5.94. The third-order valence-corrected chi connectivity index (χ3v) is 4.69. The number of carbonyl (C=O) groups excluding carboxylic acids is 1. The molecule has 2 aliphatic rings. The van der Waals surface area contributed by atoms with Gasteiger partial charge in [0.2, 0.25) is 0 Å². The van der Waals surface area contributed by atoms with Crippen molar-refractivity contribution in [2.45, 2.75) is 32.6 Å². The van der Waals surface area contributed by atoms with Gasteiger partial charge in [-0.05, 0) is 67.7 Å². The first-order valence-corrected chi connectivity index (χ1v) is 7.21. The maximum Gasteiger partial charge on any atom is 0.251 e. The van der Waals surface area contributed by atoms with E-state index in [0.717, 1.165) is 29.3 Å². The maximum absolute atomic E-state index is 12.2. The van der Waals surface area contributed by atoms with E-state index in [2.05, 4.69) is 10.6 Å². The summed E-state index contributed by atoms with van der Waals surface area (Å²) in [6.45, 7) is 2.89. The molecule has 0 saturated heterocycles. The average molecular weight is 258 g/mol. The summed E-state index contributed by atoms with van der Waals surface area (Å²) in [7, 11) is 1.90. The molecule has 1 amide bonds. The van der Waals surface area contributed by atoms with E-state index in [4.69, 9.17) is 0 Å². The Labute approximate surface area is 114 Å². The summed E-state index contributed by atoms with van der Waals surface area (Å²) in [4.78, 5) is 12.2. The van der Waals surface area contributed by atoms with E-state index in [1.165, 1.54) is 25.7 Å². The molecule has 1 aromatic carbocycles. The number of rotatable bonds is 5. The van der Waals surface area contributed by atoms with Crippen molar-refractivity contribution in [3.8, 4) is 0 Å². The Kier molecular flexibility index (Phi) is 3.00. The Morgan fingerprint density at radius 1 is 1.37 bits per heavy atom. The van der Waals surface area contributed by atoms with E-state index in [-0.39, 0.29) is 5.91 Å². The molecule has 0 unspecified atom stereocenters. The van der Waals surface area contributed by atoms with Crippen molar-refractivity contribution < 1.29 is 4.79 Å². The van der Waals surface area contributed by atoms with Crippen LogP contribution in [-0.4, -0.2) is 19.5 Å². The molecule has 2 N–H and O–H groups in total. The first-order valence-electron chi connectivity index (χ1n) is 7.21. The third-order valence-electron chi connectivity index (χ3n) is 4.69. The van der Waals surface area contributed by atoms with Gasteiger partial charge in [0, 0.05) is 24.8 Å². The normalized spacial score (nSPS) is 19.9. The topological polar surface area (TPSA) is 41.1 Å². The number of hydrogen-bond donors (Lipinski definition) is 2. The maximum atomic E-state index is 12.2. The lowest BCUT2D eigenvalue weighted by Crippen LogP contribution is -2.31. The summed E-state index contributed by atoms with van der Waals surface area (Å²) in [5.41, 5.74) is 3.42. The molecule has 2 fully saturated rings. The van der Waals surface area contributed by atoms with Crippen LogP contribution in [0.1, 0.15) is 41.6 Å². The lowest BCUT2D eigenvalue weighted by atomic mass is 10.0. The predicted molar refractivity (Wildman–Crippen MR) is 77.4 cm³/mol. The smallest absolute Gasteiger partial charge is 0.251 e. The van der Waals surface area contributed by atoms with Crippen LogP contribution in [0.2, 0.25) is 0 Å². The molecular formula is C16H22N2O. The summed E-state index contributed by atoms with van der Waals surface area (Å²) in [6.07, 6.45) is 5.34. The van der Waals surface area contributed by atoms with E-state index in [1.807, 2.05) is 32.2 Å². The minimum Gasteiger partial charge on any atom is -0.388 e. The summed E-state index contributed by atoms with van der Waals surface area (Å²) in [6, 6.07) is 5.82. The van der Waals surface area contributed by atoms with E-state index in [1.54, 1.807) is 0 Å². The van der Waals surface area contributed by atoms with Gasteiger partial charge in [0.15, 0.2) is 0 Å². The highest BCUT2D eigenvalue weighted by atomic mass is 16.1. The molecule has 19 heavy (non-hydrogen) atoms. The second kappa shape index (κ2) is 4.55. The number of nitrogens with one attached hydrogen (secondary N) is 2. The fraction of sp³-hybridized carbons (Fsp3) is 0.562. The molecule has 0 atom stereocenters. The summed E-state index contributed by atoms with van der Waals surface area (Å²) in [5, 5.41) is 6.25. The van der Waals surface area contributed by atoms with Crippen LogP contribution in [0.5, 0.6) is 0 Å². The first-order chi connectivity index (χ1) is 9.14. The molecule has 0 aliphatic heterocycles. The Balaban J connectivity index is 1.62. The molecular weight excluding hydrogens is 236 g/mol. The van der Waals surface area contributed by atoms with E-state index < -0.39 is 0 Å². The fourth-order valence-corrected chi connectivity index (χ4v) is 3.03. The van der Waals surface area contributed by atoms with Gasteiger partial charge >= 0.3 is 0 Å². The van der Waals surface area contributed by atoms with Crippen LogP contribution in [0.4, 0.5) is 5.69 Å². The zero-order valence-corrected chi connectivity index (χ0v) is 11.8. The first kappa shape index (κ1) is 12.5. The standard InChI is InChI=1S/C16H22N2O/c1-11-9-12(3-6-14(11)17-2)15(19)18-10-16(7-8-16)13-4-5-13/h3,6,9,13,17H,4-5,7-8,10H2,1-2H3,(H,18,19). The molecule has 0 radical (unpaired) electrons. The van der Waals surface area contributed by atoms with E-state index >= 15 is 0 Å². The average Bonchev–Trinajstić information content (AvgIpc) is 3.28. The quantitative estimate of drug-likeness (QED) is 0.852. The number of aryl methyl sites for hydroxylation is 1. The Morgan fingerprint density at radius 3 is 2.63 bits per heavy atom. The Hall–Kier alpha value is -1.51. The third kappa shape index (κ3) is 2.46. The van der Waals surface area contributed by atoms with Gasteiger partial charge < -0.3 is 10.6 Å². The lowest BCUT2D eigenvalue weighted by Gasteiger charge is -2.15. The number of hydrogen-bond acceptors (Lipinski definition) is 2. The van der Waals surface area contributed by atoms with E-state index in [0.29, 0.717) is 5.41 Å². The van der Waals surface area contributed by atoms with Crippen LogP contribution >= 0.6 is 0 Å². The van der Waals surface area contributed by atoms with Gasteiger partial charge in [-0.25, -0.2) is 0 Å². The molecule has 0 heterocycles. The van der Waals surface area contributed by atoms with Gasteiger partial charge in [0.25, 0.3) is 5.91 Å². The van der Waals surface area contributed by atoms with Crippen LogP contribution in [0, 0.1) is 18.3 Å². The van der Waals surface area contributed by atoms with Crippen molar-refractivity contribution in [2.75, 3.05) is 18.9 Å². The van der Waals surface area contributed by atoms with Gasteiger partial charge in [0.05, 0.1) is 0 Å². The zero-order valence-electron chi connectivity index (χ0n) is 11.8.